The van der Waals surface area contributed by atoms with Crippen molar-refractivity contribution in [3.8, 4) is 0 Å². The monoisotopic (exact) mass is 258 g/mol. The van der Waals surface area contributed by atoms with Gasteiger partial charge in [-0.05, 0) is 37.4 Å². The highest BCUT2D eigenvalue weighted by Crippen LogP contribution is 2.36. The van der Waals surface area contributed by atoms with E-state index in [-0.39, 0.29) is 5.04 Å². The molecule has 0 rings (SSSR count). The van der Waals surface area contributed by atoms with Crippen molar-refractivity contribution < 1.29 is 14.3 Å². The highest BCUT2D eigenvalue weighted by atomic mass is 28.4. The van der Waals surface area contributed by atoms with E-state index < -0.39 is 14.3 Å². The molecule has 0 heterocycles. The molecule has 0 aliphatic heterocycles. The number of allylic oxidation sites excluding steroid dienone is 1. The number of carboxylic acid groups (broad SMARTS) is 1. The Labute approximate surface area is 106 Å². The first-order valence-corrected chi connectivity index (χ1v) is 9.11. The summed E-state index contributed by atoms with van der Waals surface area (Å²) >= 11 is 0. The number of carboxylic acids is 1. The molecule has 100 valence electrons. The van der Waals surface area contributed by atoms with Crippen molar-refractivity contribution in [1.82, 2.24) is 0 Å². The molecule has 0 atom stereocenters. The molecule has 0 unspecified atom stereocenters. The second-order valence-corrected chi connectivity index (χ2v) is 10.7. The summed E-state index contributed by atoms with van der Waals surface area (Å²) in [5.74, 6) is -0.873. The maximum Gasteiger partial charge on any atom is 0.327 e. The van der Waals surface area contributed by atoms with E-state index in [2.05, 4.69) is 33.9 Å². The lowest BCUT2D eigenvalue weighted by Crippen LogP contribution is -2.40. The zero-order valence-electron chi connectivity index (χ0n) is 11.7. The van der Waals surface area contributed by atoms with Crippen LogP contribution in [0.25, 0.3) is 0 Å². The molecule has 0 fully saturated rings. The SMILES string of the molecule is CC(C)(C)[Si](C)(C)OCCCC/C=C/C(=O)O. The van der Waals surface area contributed by atoms with Gasteiger partial charge in [0.25, 0.3) is 0 Å². The molecule has 0 aromatic rings. The Morgan fingerprint density at radius 3 is 2.35 bits per heavy atom. The molecule has 17 heavy (non-hydrogen) atoms. The third-order valence-corrected chi connectivity index (χ3v) is 7.83. The minimum Gasteiger partial charge on any atom is -0.478 e. The van der Waals surface area contributed by atoms with Crippen molar-refractivity contribution in [2.24, 2.45) is 0 Å². The van der Waals surface area contributed by atoms with Gasteiger partial charge in [0.1, 0.15) is 0 Å². The van der Waals surface area contributed by atoms with Gasteiger partial charge in [-0.3, -0.25) is 0 Å². The molecule has 0 bridgehead atoms. The molecule has 0 spiro atoms. The van der Waals surface area contributed by atoms with Crippen LogP contribution >= 0.6 is 0 Å². The predicted octanol–water partition coefficient (Wildman–Crippen LogP) is 3.82. The summed E-state index contributed by atoms with van der Waals surface area (Å²) in [6.45, 7) is 12.0. The fraction of sp³-hybridized carbons (Fsp3) is 0.769. The third kappa shape index (κ3) is 7.34. The molecule has 0 aliphatic carbocycles. The van der Waals surface area contributed by atoms with Crippen LogP contribution in [0.2, 0.25) is 18.1 Å². The van der Waals surface area contributed by atoms with E-state index in [0.29, 0.717) is 0 Å². The summed E-state index contributed by atoms with van der Waals surface area (Å²) in [5, 5.41) is 8.67. The molecule has 4 heteroatoms. The smallest absolute Gasteiger partial charge is 0.327 e. The number of aliphatic carboxylic acids is 1. The molecule has 3 nitrogen and oxygen atoms in total. The average Bonchev–Trinajstić information content (AvgIpc) is 2.13. The van der Waals surface area contributed by atoms with Gasteiger partial charge in [0.15, 0.2) is 8.32 Å². The number of hydrogen-bond donors (Lipinski definition) is 1. The standard InChI is InChI=1S/C13H26O3Si/c1-13(2,3)17(4,5)16-11-9-7-6-8-10-12(14)15/h8,10H,6-7,9,11H2,1-5H3,(H,14,15)/b10-8+. The summed E-state index contributed by atoms with van der Waals surface area (Å²) in [7, 11) is -1.60. The minimum absolute atomic E-state index is 0.260. The average molecular weight is 258 g/mol. The van der Waals surface area contributed by atoms with Crippen LogP contribution in [0.5, 0.6) is 0 Å². The van der Waals surface area contributed by atoms with E-state index in [1.165, 1.54) is 6.08 Å². The van der Waals surface area contributed by atoms with Gasteiger partial charge in [-0.15, -0.1) is 0 Å². The fourth-order valence-corrected chi connectivity index (χ4v) is 2.18. The van der Waals surface area contributed by atoms with E-state index in [4.69, 9.17) is 9.53 Å². The van der Waals surface area contributed by atoms with Crippen molar-refractivity contribution in [3.63, 3.8) is 0 Å². The van der Waals surface area contributed by atoms with Crippen molar-refractivity contribution in [3.05, 3.63) is 12.2 Å². The van der Waals surface area contributed by atoms with E-state index >= 15 is 0 Å². The molecule has 0 saturated heterocycles. The molecule has 0 aromatic carbocycles. The van der Waals surface area contributed by atoms with Crippen LogP contribution in [0, 0.1) is 0 Å². The minimum atomic E-state index is -1.60. The summed E-state index contributed by atoms with van der Waals surface area (Å²) in [5.41, 5.74) is 0. The number of unbranched alkanes of at least 4 members (excludes halogenated alkanes) is 2. The lowest BCUT2D eigenvalue weighted by molar-refractivity contribution is -0.131. The van der Waals surface area contributed by atoms with Gasteiger partial charge in [0.05, 0.1) is 0 Å². The molecular weight excluding hydrogens is 232 g/mol. The molecular formula is C13H26O3Si. The number of carbonyl (C=O) groups is 1. The summed E-state index contributed by atoms with van der Waals surface area (Å²) in [6, 6.07) is 0. The number of hydrogen-bond acceptors (Lipinski definition) is 2. The first-order valence-electron chi connectivity index (χ1n) is 6.20. The first kappa shape index (κ1) is 16.4. The van der Waals surface area contributed by atoms with Crippen LogP contribution in [0.1, 0.15) is 40.0 Å². The van der Waals surface area contributed by atoms with Gasteiger partial charge in [0, 0.05) is 12.7 Å². The van der Waals surface area contributed by atoms with Crippen LogP contribution in [-0.2, 0) is 9.22 Å². The number of rotatable bonds is 7. The Bertz CT molecular complexity index is 264. The first-order chi connectivity index (χ1) is 7.67. The van der Waals surface area contributed by atoms with Crippen LogP contribution < -0.4 is 0 Å². The van der Waals surface area contributed by atoms with Crippen molar-refractivity contribution in [1.29, 1.82) is 0 Å². The van der Waals surface area contributed by atoms with Crippen molar-refractivity contribution in [2.45, 2.75) is 58.2 Å². The lowest BCUT2D eigenvalue weighted by Gasteiger charge is -2.36. The Morgan fingerprint density at radius 2 is 1.88 bits per heavy atom. The molecule has 0 aromatic heterocycles. The van der Waals surface area contributed by atoms with E-state index in [1.807, 2.05) is 0 Å². The normalized spacial score (nSPS) is 13.2. The zero-order chi connectivity index (χ0) is 13.5. The van der Waals surface area contributed by atoms with Gasteiger partial charge in [-0.1, -0.05) is 26.8 Å². The van der Waals surface area contributed by atoms with Crippen LogP contribution in [0.4, 0.5) is 0 Å². The zero-order valence-corrected chi connectivity index (χ0v) is 12.7. The lowest BCUT2D eigenvalue weighted by atomic mass is 10.2. The second kappa shape index (κ2) is 6.96. The molecule has 0 amide bonds. The topological polar surface area (TPSA) is 46.5 Å². The molecule has 1 N–H and O–H groups in total. The van der Waals surface area contributed by atoms with Crippen LogP contribution in [0.15, 0.2) is 12.2 Å². The Balaban J connectivity index is 3.69. The predicted molar refractivity (Wildman–Crippen MR) is 73.8 cm³/mol. The summed E-state index contributed by atoms with van der Waals surface area (Å²) in [6.07, 6.45) is 5.70. The van der Waals surface area contributed by atoms with Crippen molar-refractivity contribution in [2.75, 3.05) is 6.61 Å². The molecule has 0 aliphatic rings. The maximum absolute atomic E-state index is 10.2. The highest BCUT2D eigenvalue weighted by Gasteiger charge is 2.36. The van der Waals surface area contributed by atoms with Gasteiger partial charge >= 0.3 is 5.97 Å². The Hall–Kier alpha value is -0.613. The van der Waals surface area contributed by atoms with Crippen molar-refractivity contribution >= 4 is 14.3 Å². The largest absolute Gasteiger partial charge is 0.478 e. The van der Waals surface area contributed by atoms with Crippen LogP contribution in [0.3, 0.4) is 0 Å². The van der Waals surface area contributed by atoms with E-state index in [9.17, 15) is 4.79 Å². The second-order valence-electron chi connectivity index (χ2n) is 5.85. The highest BCUT2D eigenvalue weighted by molar-refractivity contribution is 6.74. The maximum atomic E-state index is 10.2. The Morgan fingerprint density at radius 1 is 1.29 bits per heavy atom. The van der Waals surface area contributed by atoms with Gasteiger partial charge < -0.3 is 9.53 Å². The van der Waals surface area contributed by atoms with Gasteiger partial charge in [-0.2, -0.15) is 0 Å². The fourth-order valence-electron chi connectivity index (χ4n) is 1.09. The summed E-state index contributed by atoms with van der Waals surface area (Å²) in [4.78, 5) is 10.2. The quantitative estimate of drug-likeness (QED) is 0.429. The summed E-state index contributed by atoms with van der Waals surface area (Å²) < 4.78 is 6.02. The van der Waals surface area contributed by atoms with Gasteiger partial charge in [0.2, 0.25) is 0 Å². The molecule has 0 radical (unpaired) electrons. The third-order valence-electron chi connectivity index (χ3n) is 3.29. The molecule has 0 saturated carbocycles. The van der Waals surface area contributed by atoms with Crippen LogP contribution in [-0.4, -0.2) is 26.0 Å². The Kier molecular flexibility index (Phi) is 6.71. The van der Waals surface area contributed by atoms with E-state index in [1.54, 1.807) is 6.08 Å². The van der Waals surface area contributed by atoms with Gasteiger partial charge in [-0.25, -0.2) is 4.79 Å². The van der Waals surface area contributed by atoms with E-state index in [0.717, 1.165) is 25.9 Å².